The molecular weight excluding hydrogens is 314 g/mol. The monoisotopic (exact) mass is 335 g/mol. The van der Waals surface area contributed by atoms with Crippen molar-refractivity contribution in [3.8, 4) is 5.75 Å². The van der Waals surface area contributed by atoms with Crippen LogP contribution in [-0.2, 0) is 6.42 Å². The highest BCUT2D eigenvalue weighted by Crippen LogP contribution is 2.30. The summed E-state index contributed by atoms with van der Waals surface area (Å²) in [7, 11) is 1.69. The maximum absolute atomic E-state index is 6.50. The Kier molecular flexibility index (Phi) is 5.65. The third-order valence-electron chi connectivity index (χ3n) is 3.83. The number of rotatable bonds is 5. The van der Waals surface area contributed by atoms with Crippen LogP contribution >= 0.6 is 22.9 Å². The number of hydrogen-bond donors (Lipinski definition) is 0. The molecule has 0 unspecified atom stereocenters. The molecule has 0 bridgehead atoms. The van der Waals surface area contributed by atoms with Crippen molar-refractivity contribution in [2.24, 2.45) is 0 Å². The number of thiazole rings is 1. The lowest BCUT2D eigenvalue weighted by Crippen LogP contribution is -1.94. The van der Waals surface area contributed by atoms with E-state index >= 15 is 0 Å². The second-order valence-corrected chi connectivity index (χ2v) is 6.99. The Hall–Kier alpha value is -1.32. The summed E-state index contributed by atoms with van der Waals surface area (Å²) in [6, 6.07) is 3.98. The molecule has 0 fully saturated rings. The molecule has 4 heteroatoms. The molecule has 0 saturated carbocycles. The van der Waals surface area contributed by atoms with E-state index < -0.39 is 0 Å². The predicted octanol–water partition coefficient (Wildman–Crippen LogP) is 5.71. The third kappa shape index (κ3) is 3.71. The first-order valence-electron chi connectivity index (χ1n) is 7.38. The fourth-order valence-electron chi connectivity index (χ4n) is 2.25. The van der Waals surface area contributed by atoms with Gasteiger partial charge in [0.25, 0.3) is 0 Å². The lowest BCUT2D eigenvalue weighted by molar-refractivity contribution is 0.411. The van der Waals surface area contributed by atoms with E-state index in [-0.39, 0.29) is 0 Å². The molecular formula is C18H22ClNOS. The maximum Gasteiger partial charge on any atom is 0.122 e. The molecule has 1 aromatic carbocycles. The van der Waals surface area contributed by atoms with Crippen LogP contribution in [0.25, 0.3) is 5.03 Å². The van der Waals surface area contributed by atoms with Crippen LogP contribution in [0.5, 0.6) is 5.75 Å². The fraction of sp³-hybridized carbons (Fsp3) is 0.389. The van der Waals surface area contributed by atoms with Gasteiger partial charge in [0.2, 0.25) is 0 Å². The second-order valence-electron chi connectivity index (χ2n) is 5.64. The Balaban J connectivity index is 2.20. The highest BCUT2D eigenvalue weighted by atomic mass is 35.5. The molecule has 0 amide bonds. The minimum Gasteiger partial charge on any atom is -0.496 e. The lowest BCUT2D eigenvalue weighted by atomic mass is 10.0. The summed E-state index contributed by atoms with van der Waals surface area (Å²) in [5.41, 5.74) is 4.49. The van der Waals surface area contributed by atoms with Gasteiger partial charge in [0.1, 0.15) is 5.75 Å². The van der Waals surface area contributed by atoms with E-state index in [9.17, 15) is 0 Å². The highest BCUT2D eigenvalue weighted by molar-refractivity contribution is 7.09. The molecule has 2 aromatic rings. The van der Waals surface area contributed by atoms with Crippen LogP contribution in [0.3, 0.4) is 0 Å². The average molecular weight is 336 g/mol. The largest absolute Gasteiger partial charge is 0.496 e. The fourth-order valence-corrected chi connectivity index (χ4v) is 3.45. The van der Waals surface area contributed by atoms with Crippen LogP contribution < -0.4 is 4.74 Å². The molecule has 0 spiro atoms. The Bertz CT molecular complexity index is 688. The number of ether oxygens (including phenoxy) is 1. The molecule has 0 atom stereocenters. The van der Waals surface area contributed by atoms with Crippen molar-refractivity contribution in [3.63, 3.8) is 0 Å². The zero-order chi connectivity index (χ0) is 16.3. The highest BCUT2D eigenvalue weighted by Gasteiger charge is 2.10. The number of methoxy groups -OCH3 is 1. The van der Waals surface area contributed by atoms with E-state index in [1.165, 1.54) is 0 Å². The van der Waals surface area contributed by atoms with Gasteiger partial charge in [-0.05, 0) is 48.6 Å². The molecule has 118 valence electrons. The van der Waals surface area contributed by atoms with E-state index in [0.717, 1.165) is 44.6 Å². The van der Waals surface area contributed by atoms with Crippen molar-refractivity contribution in [2.75, 3.05) is 7.11 Å². The molecule has 1 heterocycles. The van der Waals surface area contributed by atoms with Crippen LogP contribution in [0.4, 0.5) is 0 Å². The van der Waals surface area contributed by atoms with E-state index in [2.05, 4.69) is 38.1 Å². The van der Waals surface area contributed by atoms with Gasteiger partial charge in [-0.25, -0.2) is 4.98 Å². The van der Waals surface area contributed by atoms with Gasteiger partial charge in [-0.1, -0.05) is 31.5 Å². The quantitative estimate of drug-likeness (QED) is 0.697. The van der Waals surface area contributed by atoms with Gasteiger partial charge < -0.3 is 4.74 Å². The maximum atomic E-state index is 6.50. The second kappa shape index (κ2) is 7.30. The lowest BCUT2D eigenvalue weighted by Gasteiger charge is -2.12. The normalized spacial score (nSPS) is 12.0. The number of allylic oxidation sites excluding steroid dienone is 1. The molecule has 2 rings (SSSR count). The number of hydrogen-bond acceptors (Lipinski definition) is 3. The Morgan fingerprint density at radius 2 is 2.05 bits per heavy atom. The standard InChI is InChI=1S/C18H22ClNOS/c1-11(2)16-10-22-18(20-16)9-7-15(19)14-6-8-17(21-5)13(4)12(14)3/h6-8,10-11H,9H2,1-5H3/b15-7+. The Labute approximate surface area is 141 Å². The van der Waals surface area contributed by atoms with E-state index in [4.69, 9.17) is 16.3 Å². The van der Waals surface area contributed by atoms with Gasteiger partial charge in [0, 0.05) is 16.8 Å². The average Bonchev–Trinajstić information content (AvgIpc) is 2.96. The van der Waals surface area contributed by atoms with Crippen molar-refractivity contribution in [3.05, 3.63) is 51.0 Å². The van der Waals surface area contributed by atoms with Crippen LogP contribution in [-0.4, -0.2) is 12.1 Å². The van der Waals surface area contributed by atoms with Gasteiger partial charge >= 0.3 is 0 Å². The van der Waals surface area contributed by atoms with Crippen LogP contribution in [0, 0.1) is 13.8 Å². The number of nitrogens with zero attached hydrogens (tertiary/aromatic N) is 1. The first-order chi connectivity index (χ1) is 10.4. The van der Waals surface area contributed by atoms with Gasteiger partial charge in [0.15, 0.2) is 0 Å². The Morgan fingerprint density at radius 3 is 2.64 bits per heavy atom. The molecule has 22 heavy (non-hydrogen) atoms. The molecule has 0 aliphatic rings. The minimum absolute atomic E-state index is 0.468. The first-order valence-corrected chi connectivity index (χ1v) is 8.64. The summed E-state index contributed by atoms with van der Waals surface area (Å²) < 4.78 is 5.34. The van der Waals surface area contributed by atoms with Crippen LogP contribution in [0.2, 0.25) is 0 Å². The predicted molar refractivity (Wildman–Crippen MR) is 96.2 cm³/mol. The SMILES string of the molecule is COc1ccc(/C(Cl)=C\Cc2nc(C(C)C)cs2)c(C)c1C. The van der Waals surface area contributed by atoms with E-state index in [0.29, 0.717) is 5.92 Å². The summed E-state index contributed by atoms with van der Waals surface area (Å²) in [5, 5.41) is 4.00. The number of benzene rings is 1. The third-order valence-corrected chi connectivity index (χ3v) is 5.08. The first kappa shape index (κ1) is 17.0. The van der Waals surface area contributed by atoms with Crippen molar-refractivity contribution < 1.29 is 4.74 Å². The van der Waals surface area contributed by atoms with Crippen molar-refractivity contribution >= 4 is 28.0 Å². The molecule has 0 N–H and O–H groups in total. The van der Waals surface area contributed by atoms with E-state index in [1.807, 2.05) is 18.2 Å². The van der Waals surface area contributed by atoms with Crippen LogP contribution in [0.15, 0.2) is 23.6 Å². The molecule has 1 aromatic heterocycles. The van der Waals surface area contributed by atoms with Crippen molar-refractivity contribution in [1.82, 2.24) is 4.98 Å². The number of halogens is 1. The molecule has 2 nitrogen and oxygen atoms in total. The molecule has 0 saturated heterocycles. The summed E-state index contributed by atoms with van der Waals surface area (Å²) in [6.45, 7) is 8.44. The van der Waals surface area contributed by atoms with Crippen molar-refractivity contribution in [2.45, 2.75) is 40.0 Å². The number of aromatic nitrogens is 1. The topological polar surface area (TPSA) is 22.1 Å². The Morgan fingerprint density at radius 1 is 1.32 bits per heavy atom. The molecule has 0 aliphatic carbocycles. The summed E-state index contributed by atoms with van der Waals surface area (Å²) in [5.74, 6) is 1.36. The van der Waals surface area contributed by atoms with Crippen molar-refractivity contribution in [1.29, 1.82) is 0 Å². The summed E-state index contributed by atoms with van der Waals surface area (Å²) in [4.78, 5) is 4.64. The molecule has 0 aliphatic heterocycles. The van der Waals surface area contributed by atoms with Gasteiger partial charge in [-0.3, -0.25) is 0 Å². The zero-order valence-electron chi connectivity index (χ0n) is 13.7. The zero-order valence-corrected chi connectivity index (χ0v) is 15.3. The smallest absolute Gasteiger partial charge is 0.122 e. The summed E-state index contributed by atoms with van der Waals surface area (Å²) >= 11 is 8.19. The van der Waals surface area contributed by atoms with Crippen LogP contribution in [0.1, 0.15) is 47.2 Å². The van der Waals surface area contributed by atoms with Gasteiger partial charge in [-0.2, -0.15) is 0 Å². The van der Waals surface area contributed by atoms with Gasteiger partial charge in [0.05, 0.1) is 17.8 Å². The van der Waals surface area contributed by atoms with E-state index in [1.54, 1.807) is 18.4 Å². The molecule has 0 radical (unpaired) electrons. The minimum atomic E-state index is 0.468. The van der Waals surface area contributed by atoms with Gasteiger partial charge in [-0.15, -0.1) is 11.3 Å². The summed E-state index contributed by atoms with van der Waals surface area (Å²) in [6.07, 6.45) is 2.81.